The predicted octanol–water partition coefficient (Wildman–Crippen LogP) is 0.804. The van der Waals surface area contributed by atoms with Crippen molar-refractivity contribution in [3.63, 3.8) is 0 Å². The number of rotatable bonds is 7. The van der Waals surface area contributed by atoms with Crippen LogP contribution in [0.2, 0.25) is 0 Å². The first-order valence-corrected chi connectivity index (χ1v) is 7.67. The molecular formula is C13H19N5O3S. The lowest BCUT2D eigenvalue weighted by atomic mass is 10.2. The molecule has 1 atom stereocenters. The van der Waals surface area contributed by atoms with Crippen LogP contribution in [0.4, 0.5) is 0 Å². The summed E-state index contributed by atoms with van der Waals surface area (Å²) in [4.78, 5) is 11.8. The van der Waals surface area contributed by atoms with Crippen molar-refractivity contribution in [2.45, 2.75) is 25.0 Å². The molecule has 0 aromatic carbocycles. The van der Waals surface area contributed by atoms with Crippen LogP contribution in [0.15, 0.2) is 21.9 Å². The van der Waals surface area contributed by atoms with Gasteiger partial charge in [0.25, 0.3) is 0 Å². The molecule has 0 radical (unpaired) electrons. The summed E-state index contributed by atoms with van der Waals surface area (Å²) in [5.74, 6) is 7.28. The van der Waals surface area contributed by atoms with Gasteiger partial charge >= 0.3 is 0 Å². The molecule has 3 N–H and O–H groups in total. The first-order chi connectivity index (χ1) is 10.5. The van der Waals surface area contributed by atoms with Crippen LogP contribution in [0.25, 0.3) is 11.4 Å². The number of carbonyl (C=O) groups is 1. The average Bonchev–Trinajstić information content (AvgIpc) is 3.03. The number of carbonyl (C=O) groups excluding carboxylic acids is 1. The van der Waals surface area contributed by atoms with E-state index in [0.29, 0.717) is 23.3 Å². The highest BCUT2D eigenvalue weighted by molar-refractivity contribution is 7.99. The van der Waals surface area contributed by atoms with E-state index < -0.39 is 0 Å². The second-order valence-corrected chi connectivity index (χ2v) is 5.72. The lowest BCUT2D eigenvalue weighted by Crippen LogP contribution is -2.36. The Morgan fingerprint density at radius 3 is 3.00 bits per heavy atom. The summed E-state index contributed by atoms with van der Waals surface area (Å²) in [6.45, 7) is 4.16. The molecule has 0 aliphatic carbocycles. The molecule has 22 heavy (non-hydrogen) atoms. The fourth-order valence-electron chi connectivity index (χ4n) is 1.91. The average molecular weight is 325 g/mol. The Bertz CT molecular complexity index is 639. The summed E-state index contributed by atoms with van der Waals surface area (Å²) in [6.07, 6.45) is 1.57. The molecule has 2 aromatic rings. The van der Waals surface area contributed by atoms with Crippen molar-refractivity contribution >= 4 is 17.7 Å². The van der Waals surface area contributed by atoms with Gasteiger partial charge in [-0.05, 0) is 19.9 Å². The zero-order valence-electron chi connectivity index (χ0n) is 12.7. The molecule has 2 rings (SSSR count). The van der Waals surface area contributed by atoms with E-state index in [1.54, 1.807) is 19.4 Å². The topological polar surface area (TPSA) is 108 Å². The van der Waals surface area contributed by atoms with Gasteiger partial charge in [0, 0.05) is 13.2 Å². The number of aryl methyl sites for hydroxylation is 1. The summed E-state index contributed by atoms with van der Waals surface area (Å²) < 4.78 is 11.5. The van der Waals surface area contributed by atoms with Gasteiger partial charge in [-0.15, -0.1) is 10.2 Å². The van der Waals surface area contributed by atoms with Crippen LogP contribution in [0, 0.1) is 6.92 Å². The number of furan rings is 1. The molecular weight excluding hydrogens is 306 g/mol. The number of amides is 1. The van der Waals surface area contributed by atoms with Gasteiger partial charge in [0.05, 0.1) is 24.2 Å². The van der Waals surface area contributed by atoms with Gasteiger partial charge in [-0.3, -0.25) is 4.79 Å². The molecule has 1 amide bonds. The Morgan fingerprint density at radius 2 is 2.36 bits per heavy atom. The number of nitrogens with zero attached hydrogens (tertiary/aromatic N) is 3. The molecule has 0 bridgehead atoms. The van der Waals surface area contributed by atoms with Crippen LogP contribution < -0.4 is 11.2 Å². The van der Waals surface area contributed by atoms with Crippen LogP contribution in [0.3, 0.4) is 0 Å². The Kier molecular flexibility index (Phi) is 5.45. The summed E-state index contributed by atoms with van der Waals surface area (Å²) >= 11 is 1.22. The van der Waals surface area contributed by atoms with Crippen LogP contribution in [-0.4, -0.2) is 46.3 Å². The molecule has 8 nitrogen and oxygen atoms in total. The Morgan fingerprint density at radius 1 is 1.59 bits per heavy atom. The third-order valence-electron chi connectivity index (χ3n) is 2.92. The Hall–Kier alpha value is -2.00. The lowest BCUT2D eigenvalue weighted by molar-refractivity contribution is -0.119. The SMILES string of the molecule is COCC(C)NC(=O)CSc1nnc(-c2ccoc2C)n1N. The van der Waals surface area contributed by atoms with E-state index in [9.17, 15) is 4.79 Å². The quantitative estimate of drug-likeness (QED) is 0.572. The maximum atomic E-state index is 11.8. The summed E-state index contributed by atoms with van der Waals surface area (Å²) in [6, 6.07) is 1.73. The van der Waals surface area contributed by atoms with Gasteiger partial charge in [0.15, 0.2) is 5.82 Å². The van der Waals surface area contributed by atoms with E-state index in [1.165, 1.54) is 16.4 Å². The largest absolute Gasteiger partial charge is 0.469 e. The van der Waals surface area contributed by atoms with Crippen molar-refractivity contribution in [1.82, 2.24) is 20.2 Å². The van der Waals surface area contributed by atoms with Gasteiger partial charge in [-0.25, -0.2) is 4.68 Å². The predicted molar refractivity (Wildman–Crippen MR) is 82.8 cm³/mol. The highest BCUT2D eigenvalue weighted by atomic mass is 32.2. The fraction of sp³-hybridized carbons (Fsp3) is 0.462. The first-order valence-electron chi connectivity index (χ1n) is 6.69. The molecule has 0 saturated carbocycles. The van der Waals surface area contributed by atoms with Gasteiger partial charge in [0.1, 0.15) is 5.76 Å². The number of methoxy groups -OCH3 is 1. The third-order valence-corrected chi connectivity index (χ3v) is 3.86. The molecule has 120 valence electrons. The van der Waals surface area contributed by atoms with Crippen molar-refractivity contribution in [3.8, 4) is 11.4 Å². The molecule has 0 aliphatic rings. The highest BCUT2D eigenvalue weighted by Crippen LogP contribution is 2.24. The number of nitrogen functional groups attached to an aromatic ring is 1. The van der Waals surface area contributed by atoms with Crippen LogP contribution in [0.1, 0.15) is 12.7 Å². The Balaban J connectivity index is 1.96. The number of ether oxygens (including phenoxy) is 1. The number of hydrogen-bond donors (Lipinski definition) is 2. The third kappa shape index (κ3) is 3.80. The second-order valence-electron chi connectivity index (χ2n) is 4.78. The van der Waals surface area contributed by atoms with Gasteiger partial charge in [-0.2, -0.15) is 0 Å². The molecule has 2 heterocycles. The Labute approximate surface area is 132 Å². The lowest BCUT2D eigenvalue weighted by Gasteiger charge is -2.12. The molecule has 9 heteroatoms. The van der Waals surface area contributed by atoms with E-state index in [4.69, 9.17) is 15.0 Å². The number of hydrogen-bond acceptors (Lipinski definition) is 7. The van der Waals surface area contributed by atoms with Gasteiger partial charge < -0.3 is 20.3 Å². The van der Waals surface area contributed by atoms with Gasteiger partial charge in [0.2, 0.25) is 11.1 Å². The van der Waals surface area contributed by atoms with Crippen LogP contribution in [-0.2, 0) is 9.53 Å². The van der Waals surface area contributed by atoms with E-state index in [-0.39, 0.29) is 17.7 Å². The number of thioether (sulfide) groups is 1. The second kappa shape index (κ2) is 7.32. The van der Waals surface area contributed by atoms with Crippen LogP contribution >= 0.6 is 11.8 Å². The first kappa shape index (κ1) is 16.4. The van der Waals surface area contributed by atoms with E-state index in [0.717, 1.165) is 5.56 Å². The van der Waals surface area contributed by atoms with E-state index in [1.807, 2.05) is 13.8 Å². The minimum absolute atomic E-state index is 0.0435. The number of nitrogens with two attached hydrogens (primary N) is 1. The number of aromatic nitrogens is 3. The summed E-state index contributed by atoms with van der Waals surface area (Å²) in [5, 5.41) is 11.3. The maximum Gasteiger partial charge on any atom is 0.230 e. The minimum atomic E-state index is -0.112. The summed E-state index contributed by atoms with van der Waals surface area (Å²) in [7, 11) is 1.59. The van der Waals surface area contributed by atoms with Crippen molar-refractivity contribution in [2.75, 3.05) is 25.3 Å². The number of nitrogens with one attached hydrogen (secondary N) is 1. The molecule has 1 unspecified atom stereocenters. The zero-order valence-corrected chi connectivity index (χ0v) is 13.5. The maximum absolute atomic E-state index is 11.8. The summed E-state index contributed by atoms with van der Waals surface area (Å²) in [5.41, 5.74) is 0.778. The smallest absolute Gasteiger partial charge is 0.230 e. The van der Waals surface area contributed by atoms with Gasteiger partial charge in [-0.1, -0.05) is 11.8 Å². The zero-order chi connectivity index (χ0) is 16.1. The standard InChI is InChI=1S/C13H19N5O3S/c1-8(6-20-3)15-11(19)7-22-13-17-16-12(18(13)14)10-4-5-21-9(10)2/h4-5,8H,6-7,14H2,1-3H3,(H,15,19). The minimum Gasteiger partial charge on any atom is -0.469 e. The normalized spacial score (nSPS) is 12.3. The fourth-order valence-corrected chi connectivity index (χ4v) is 2.58. The molecule has 0 aliphatic heterocycles. The molecule has 0 spiro atoms. The van der Waals surface area contributed by atoms with Crippen molar-refractivity contribution in [1.29, 1.82) is 0 Å². The molecule has 2 aromatic heterocycles. The highest BCUT2D eigenvalue weighted by Gasteiger charge is 2.17. The molecule has 0 fully saturated rings. The van der Waals surface area contributed by atoms with Crippen LogP contribution in [0.5, 0.6) is 0 Å². The molecule has 0 saturated heterocycles. The van der Waals surface area contributed by atoms with Crippen molar-refractivity contribution in [2.24, 2.45) is 0 Å². The monoisotopic (exact) mass is 325 g/mol. The van der Waals surface area contributed by atoms with E-state index >= 15 is 0 Å². The van der Waals surface area contributed by atoms with Crippen molar-refractivity contribution < 1.29 is 13.9 Å². The van der Waals surface area contributed by atoms with Crippen molar-refractivity contribution in [3.05, 3.63) is 18.1 Å². The van der Waals surface area contributed by atoms with E-state index in [2.05, 4.69) is 15.5 Å².